The molecule has 0 atom stereocenters. The Morgan fingerprint density at radius 2 is 2.38 bits per heavy atom. The Morgan fingerprint density at radius 3 is 3.15 bits per heavy atom. The van der Waals surface area contributed by atoms with Gasteiger partial charge in [-0.05, 0) is 0 Å². The number of nitrogens with zero attached hydrogens (tertiary/aromatic N) is 3. The Kier molecular flexibility index (Phi) is 2.16. The second kappa shape index (κ2) is 3.32. The van der Waals surface area contributed by atoms with Crippen molar-refractivity contribution < 1.29 is 4.74 Å². The number of methoxy groups -OCH3 is 1. The Labute approximate surface area is 80.1 Å². The fraction of sp³-hybridized carbons (Fsp3) is 0.250. The summed E-state index contributed by atoms with van der Waals surface area (Å²) in [5.74, 6) is 0.821. The quantitative estimate of drug-likeness (QED) is 0.733. The van der Waals surface area contributed by atoms with Crippen LogP contribution in [0.2, 0.25) is 5.15 Å². The molecule has 0 aliphatic heterocycles. The largest absolute Gasteiger partial charge is 0.377 e. The highest BCUT2D eigenvalue weighted by molar-refractivity contribution is 6.32. The lowest BCUT2D eigenvalue weighted by molar-refractivity contribution is 0.177. The lowest BCUT2D eigenvalue weighted by Gasteiger charge is -1.99. The summed E-state index contributed by atoms with van der Waals surface area (Å²) in [5.41, 5.74) is 0.802. The molecule has 0 N–H and O–H groups in total. The molecule has 0 amide bonds. The molecule has 0 saturated carbocycles. The summed E-state index contributed by atoms with van der Waals surface area (Å²) >= 11 is 5.86. The maximum Gasteiger partial charge on any atom is 0.154 e. The van der Waals surface area contributed by atoms with Crippen LogP contribution < -0.4 is 0 Å². The first kappa shape index (κ1) is 8.47. The van der Waals surface area contributed by atoms with E-state index in [1.807, 2.05) is 10.6 Å². The van der Waals surface area contributed by atoms with Crippen molar-refractivity contribution in [3.63, 3.8) is 0 Å². The van der Waals surface area contributed by atoms with Crippen LogP contribution in [0.5, 0.6) is 0 Å². The zero-order chi connectivity index (χ0) is 9.26. The summed E-state index contributed by atoms with van der Waals surface area (Å²) in [6.07, 6.45) is 5.13. The molecule has 0 fully saturated rings. The Morgan fingerprint density at radius 1 is 1.54 bits per heavy atom. The van der Waals surface area contributed by atoms with Crippen molar-refractivity contribution >= 4 is 17.1 Å². The number of hydrogen-bond acceptors (Lipinski definition) is 3. The van der Waals surface area contributed by atoms with Crippen LogP contribution >= 0.6 is 11.6 Å². The maximum absolute atomic E-state index is 5.86. The van der Waals surface area contributed by atoms with Crippen molar-refractivity contribution in [1.29, 1.82) is 0 Å². The predicted octanol–water partition coefficient (Wildman–Crippen LogP) is 1.53. The van der Waals surface area contributed by atoms with Gasteiger partial charge in [-0.1, -0.05) is 11.6 Å². The van der Waals surface area contributed by atoms with Gasteiger partial charge >= 0.3 is 0 Å². The van der Waals surface area contributed by atoms with Crippen LogP contribution in [0.3, 0.4) is 0 Å². The van der Waals surface area contributed by atoms with E-state index in [0.29, 0.717) is 11.8 Å². The number of fused-ring (bicyclic) bond motifs is 1. The molecule has 4 nitrogen and oxygen atoms in total. The molecule has 0 saturated heterocycles. The van der Waals surface area contributed by atoms with E-state index in [1.54, 1.807) is 19.5 Å². The molecule has 2 heterocycles. The first-order valence-corrected chi connectivity index (χ1v) is 4.16. The van der Waals surface area contributed by atoms with Crippen molar-refractivity contribution in [2.45, 2.75) is 6.61 Å². The Balaban J connectivity index is 2.61. The average molecular weight is 198 g/mol. The monoisotopic (exact) mass is 197 g/mol. The zero-order valence-electron chi connectivity index (χ0n) is 7.07. The fourth-order valence-corrected chi connectivity index (χ4v) is 1.38. The molecule has 2 aromatic heterocycles. The van der Waals surface area contributed by atoms with E-state index in [1.165, 1.54) is 0 Å². The van der Waals surface area contributed by atoms with Gasteiger partial charge in [0.1, 0.15) is 17.9 Å². The topological polar surface area (TPSA) is 39.4 Å². The lowest BCUT2D eigenvalue weighted by Crippen LogP contribution is -1.96. The molecular formula is C8H8ClN3O. The highest BCUT2D eigenvalue weighted by atomic mass is 35.5. The molecule has 0 unspecified atom stereocenters. The number of aromatic nitrogens is 3. The minimum absolute atomic E-state index is 0.456. The van der Waals surface area contributed by atoms with Crippen molar-refractivity contribution in [3.8, 4) is 0 Å². The van der Waals surface area contributed by atoms with Gasteiger partial charge < -0.3 is 4.74 Å². The van der Waals surface area contributed by atoms with E-state index in [0.717, 1.165) is 11.3 Å². The zero-order valence-corrected chi connectivity index (χ0v) is 7.82. The molecule has 68 valence electrons. The van der Waals surface area contributed by atoms with E-state index in [4.69, 9.17) is 16.3 Å². The van der Waals surface area contributed by atoms with E-state index < -0.39 is 0 Å². The number of ether oxygens (including phenoxy) is 1. The van der Waals surface area contributed by atoms with Crippen LogP contribution in [0.1, 0.15) is 5.82 Å². The van der Waals surface area contributed by atoms with Gasteiger partial charge in [-0.15, -0.1) is 0 Å². The van der Waals surface area contributed by atoms with Gasteiger partial charge in [-0.25, -0.2) is 9.97 Å². The molecule has 0 aliphatic carbocycles. The Bertz CT molecular complexity index is 426. The van der Waals surface area contributed by atoms with Gasteiger partial charge in [-0.3, -0.25) is 4.40 Å². The average Bonchev–Trinajstić information content (AvgIpc) is 2.51. The fourth-order valence-electron chi connectivity index (χ4n) is 1.19. The van der Waals surface area contributed by atoms with Crippen LogP contribution in [-0.4, -0.2) is 21.5 Å². The summed E-state index contributed by atoms with van der Waals surface area (Å²) in [4.78, 5) is 8.10. The van der Waals surface area contributed by atoms with E-state index in [-0.39, 0.29) is 0 Å². The van der Waals surface area contributed by atoms with Crippen molar-refractivity contribution in [2.75, 3.05) is 7.11 Å². The predicted molar refractivity (Wildman–Crippen MR) is 48.7 cm³/mol. The third kappa shape index (κ3) is 1.38. The summed E-state index contributed by atoms with van der Waals surface area (Å²) in [5, 5.41) is 0.456. The van der Waals surface area contributed by atoms with Gasteiger partial charge in [0.05, 0.1) is 6.20 Å². The SMILES string of the molecule is COCc1ncc2c(Cl)nccn12. The normalized spacial score (nSPS) is 10.9. The first-order chi connectivity index (χ1) is 6.33. The van der Waals surface area contributed by atoms with Crippen LogP contribution in [0.4, 0.5) is 0 Å². The molecule has 0 bridgehead atoms. The number of rotatable bonds is 2. The third-order valence-electron chi connectivity index (χ3n) is 1.76. The van der Waals surface area contributed by atoms with Crippen LogP contribution in [0.25, 0.3) is 5.52 Å². The van der Waals surface area contributed by atoms with Crippen molar-refractivity contribution in [3.05, 3.63) is 29.6 Å². The minimum atomic E-state index is 0.456. The molecule has 0 aliphatic rings. The van der Waals surface area contributed by atoms with Gasteiger partial charge in [-0.2, -0.15) is 0 Å². The van der Waals surface area contributed by atoms with E-state index in [2.05, 4.69) is 9.97 Å². The summed E-state index contributed by atoms with van der Waals surface area (Å²) < 4.78 is 6.85. The van der Waals surface area contributed by atoms with Gasteiger partial charge in [0.2, 0.25) is 0 Å². The smallest absolute Gasteiger partial charge is 0.154 e. The molecular weight excluding hydrogens is 190 g/mol. The standard InChI is InChI=1S/C8H8ClN3O/c1-13-5-7-11-4-6-8(9)10-2-3-12(6)7/h2-4H,5H2,1H3. The molecule has 0 aromatic carbocycles. The second-order valence-electron chi connectivity index (χ2n) is 2.58. The molecule has 5 heteroatoms. The highest BCUT2D eigenvalue weighted by Crippen LogP contribution is 2.14. The number of halogens is 1. The Hall–Kier alpha value is -1.13. The van der Waals surface area contributed by atoms with Gasteiger partial charge in [0, 0.05) is 19.5 Å². The van der Waals surface area contributed by atoms with Crippen molar-refractivity contribution in [1.82, 2.24) is 14.4 Å². The van der Waals surface area contributed by atoms with Gasteiger partial charge in [0.25, 0.3) is 0 Å². The van der Waals surface area contributed by atoms with E-state index in [9.17, 15) is 0 Å². The summed E-state index contributed by atoms with van der Waals surface area (Å²) in [7, 11) is 1.63. The molecule has 0 radical (unpaired) electrons. The lowest BCUT2D eigenvalue weighted by atomic mass is 10.5. The minimum Gasteiger partial charge on any atom is -0.377 e. The number of hydrogen-bond donors (Lipinski definition) is 0. The highest BCUT2D eigenvalue weighted by Gasteiger charge is 2.05. The molecule has 2 aromatic rings. The summed E-state index contributed by atoms with van der Waals surface area (Å²) in [6, 6.07) is 0. The van der Waals surface area contributed by atoms with Crippen molar-refractivity contribution in [2.24, 2.45) is 0 Å². The summed E-state index contributed by atoms with van der Waals surface area (Å²) in [6.45, 7) is 0.467. The van der Waals surface area contributed by atoms with Gasteiger partial charge in [0.15, 0.2) is 5.15 Å². The van der Waals surface area contributed by atoms with E-state index >= 15 is 0 Å². The van der Waals surface area contributed by atoms with Crippen LogP contribution in [0, 0.1) is 0 Å². The molecule has 0 spiro atoms. The molecule has 2 rings (SSSR count). The molecule has 13 heavy (non-hydrogen) atoms. The van der Waals surface area contributed by atoms with Crippen LogP contribution in [0.15, 0.2) is 18.6 Å². The van der Waals surface area contributed by atoms with Crippen LogP contribution in [-0.2, 0) is 11.3 Å². The number of imidazole rings is 1. The maximum atomic E-state index is 5.86. The second-order valence-corrected chi connectivity index (χ2v) is 2.94. The first-order valence-electron chi connectivity index (χ1n) is 3.78. The third-order valence-corrected chi connectivity index (χ3v) is 2.05.